The van der Waals surface area contributed by atoms with Crippen molar-refractivity contribution in [3.63, 3.8) is 0 Å². The molecular weight excluding hydrogens is 212 g/mol. The number of nitrogens with zero attached hydrogens (tertiary/aromatic N) is 1. The van der Waals surface area contributed by atoms with E-state index < -0.39 is 0 Å². The predicted molar refractivity (Wildman–Crippen MR) is 75.6 cm³/mol. The van der Waals surface area contributed by atoms with Gasteiger partial charge in [-0.15, -0.1) is 0 Å². The van der Waals surface area contributed by atoms with Crippen LogP contribution in [0.3, 0.4) is 0 Å². The van der Waals surface area contributed by atoms with Crippen molar-refractivity contribution >= 4 is 0 Å². The Morgan fingerprint density at radius 3 is 2.18 bits per heavy atom. The minimum Gasteiger partial charge on any atom is -0.377 e. The van der Waals surface area contributed by atoms with Gasteiger partial charge in [-0.05, 0) is 40.7 Å². The van der Waals surface area contributed by atoms with Gasteiger partial charge in [0.15, 0.2) is 0 Å². The average Bonchev–Trinajstić information content (AvgIpc) is 2.29. The number of nitrogens with one attached hydrogen (secondary N) is 1. The molecule has 0 saturated carbocycles. The molecule has 3 heteroatoms. The predicted octanol–water partition coefficient (Wildman–Crippen LogP) is 2.51. The van der Waals surface area contributed by atoms with E-state index in [4.69, 9.17) is 4.74 Å². The topological polar surface area (TPSA) is 24.5 Å². The molecule has 0 rings (SSSR count). The Morgan fingerprint density at radius 2 is 1.71 bits per heavy atom. The first-order valence-electron chi connectivity index (χ1n) is 7.06. The van der Waals surface area contributed by atoms with E-state index in [0.29, 0.717) is 18.2 Å². The molecule has 0 heterocycles. The van der Waals surface area contributed by atoms with Crippen LogP contribution in [-0.2, 0) is 4.74 Å². The van der Waals surface area contributed by atoms with E-state index in [2.05, 4.69) is 51.9 Å². The molecular formula is C14H32N2O. The van der Waals surface area contributed by atoms with Crippen molar-refractivity contribution in [1.29, 1.82) is 0 Å². The van der Waals surface area contributed by atoms with E-state index in [1.54, 1.807) is 0 Å². The van der Waals surface area contributed by atoms with Gasteiger partial charge in [0.1, 0.15) is 0 Å². The van der Waals surface area contributed by atoms with Crippen LogP contribution in [0.4, 0.5) is 0 Å². The largest absolute Gasteiger partial charge is 0.377 e. The lowest BCUT2D eigenvalue weighted by Crippen LogP contribution is -2.42. The van der Waals surface area contributed by atoms with Crippen LogP contribution in [0, 0.1) is 0 Å². The van der Waals surface area contributed by atoms with E-state index >= 15 is 0 Å². The van der Waals surface area contributed by atoms with Gasteiger partial charge in [0.25, 0.3) is 0 Å². The molecule has 1 atom stereocenters. The lowest BCUT2D eigenvalue weighted by atomic mass is 10.1. The summed E-state index contributed by atoms with van der Waals surface area (Å²) in [6.45, 7) is 13.8. The highest BCUT2D eigenvalue weighted by Crippen LogP contribution is 1.99. The normalized spacial score (nSPS) is 13.9. The average molecular weight is 244 g/mol. The Hall–Kier alpha value is -0.120. The molecule has 1 unspecified atom stereocenters. The zero-order chi connectivity index (χ0) is 13.3. The summed E-state index contributed by atoms with van der Waals surface area (Å²) in [6.07, 6.45) is 2.76. The first kappa shape index (κ1) is 16.9. The molecule has 0 aliphatic carbocycles. The molecule has 0 amide bonds. The molecule has 104 valence electrons. The maximum absolute atomic E-state index is 5.57. The third kappa shape index (κ3) is 8.58. The number of rotatable bonds is 10. The zero-order valence-electron chi connectivity index (χ0n) is 12.6. The van der Waals surface area contributed by atoms with Crippen molar-refractivity contribution < 1.29 is 4.74 Å². The van der Waals surface area contributed by atoms with Crippen molar-refractivity contribution in [3.8, 4) is 0 Å². The number of likely N-dealkylation sites (N-methyl/N-ethyl adjacent to an activating group) is 1. The van der Waals surface area contributed by atoms with Crippen LogP contribution < -0.4 is 5.32 Å². The molecule has 0 fully saturated rings. The summed E-state index contributed by atoms with van der Waals surface area (Å²) in [7, 11) is 2.17. The van der Waals surface area contributed by atoms with Gasteiger partial charge in [0.2, 0.25) is 0 Å². The fourth-order valence-electron chi connectivity index (χ4n) is 1.72. The second-order valence-electron chi connectivity index (χ2n) is 5.17. The summed E-state index contributed by atoms with van der Waals surface area (Å²) in [4.78, 5) is 2.36. The van der Waals surface area contributed by atoms with Crippen molar-refractivity contribution in [2.75, 3.05) is 26.7 Å². The van der Waals surface area contributed by atoms with E-state index in [1.165, 1.54) is 12.8 Å². The van der Waals surface area contributed by atoms with Crippen LogP contribution in [0.25, 0.3) is 0 Å². The summed E-state index contributed by atoms with van der Waals surface area (Å²) in [5.41, 5.74) is 0. The van der Waals surface area contributed by atoms with Crippen LogP contribution in [0.2, 0.25) is 0 Å². The molecule has 0 aromatic carbocycles. The minimum absolute atomic E-state index is 0.335. The standard InChI is InChI=1S/C14H32N2O/c1-7-14(8-2)15-11-13(5)16(6)9-10-17-12(3)4/h12-15H,7-11H2,1-6H3. The first-order valence-corrected chi connectivity index (χ1v) is 7.06. The molecule has 0 aliphatic rings. The lowest BCUT2D eigenvalue weighted by Gasteiger charge is -2.27. The van der Waals surface area contributed by atoms with Gasteiger partial charge in [0.05, 0.1) is 12.7 Å². The quantitative estimate of drug-likeness (QED) is 0.639. The minimum atomic E-state index is 0.335. The van der Waals surface area contributed by atoms with Crippen LogP contribution >= 0.6 is 0 Å². The van der Waals surface area contributed by atoms with Gasteiger partial charge < -0.3 is 15.0 Å². The maximum atomic E-state index is 5.57. The third-order valence-corrected chi connectivity index (χ3v) is 3.34. The van der Waals surface area contributed by atoms with Gasteiger partial charge in [-0.3, -0.25) is 0 Å². The van der Waals surface area contributed by atoms with Gasteiger partial charge in [-0.1, -0.05) is 13.8 Å². The smallest absolute Gasteiger partial charge is 0.0596 e. The fraction of sp³-hybridized carbons (Fsp3) is 1.00. The van der Waals surface area contributed by atoms with Crippen molar-refractivity contribution in [2.45, 2.75) is 65.6 Å². The summed E-state index contributed by atoms with van der Waals surface area (Å²) >= 11 is 0. The Labute approximate surface area is 108 Å². The Bertz CT molecular complexity index is 170. The summed E-state index contributed by atoms with van der Waals surface area (Å²) < 4.78 is 5.57. The maximum Gasteiger partial charge on any atom is 0.0596 e. The van der Waals surface area contributed by atoms with E-state index in [9.17, 15) is 0 Å². The van der Waals surface area contributed by atoms with E-state index in [1.807, 2.05) is 0 Å². The summed E-state index contributed by atoms with van der Waals surface area (Å²) in [6, 6.07) is 1.23. The van der Waals surface area contributed by atoms with Crippen molar-refractivity contribution in [1.82, 2.24) is 10.2 Å². The molecule has 0 radical (unpaired) electrons. The second kappa shape index (κ2) is 9.86. The monoisotopic (exact) mass is 244 g/mol. The van der Waals surface area contributed by atoms with Crippen molar-refractivity contribution in [3.05, 3.63) is 0 Å². The van der Waals surface area contributed by atoms with Gasteiger partial charge in [0, 0.05) is 25.2 Å². The second-order valence-corrected chi connectivity index (χ2v) is 5.17. The zero-order valence-corrected chi connectivity index (χ0v) is 12.6. The van der Waals surface area contributed by atoms with Gasteiger partial charge in [-0.2, -0.15) is 0 Å². The highest BCUT2D eigenvalue weighted by Gasteiger charge is 2.10. The van der Waals surface area contributed by atoms with E-state index in [-0.39, 0.29) is 0 Å². The Kier molecular flexibility index (Phi) is 9.79. The van der Waals surface area contributed by atoms with Crippen molar-refractivity contribution in [2.24, 2.45) is 0 Å². The SMILES string of the molecule is CCC(CC)NCC(C)N(C)CCOC(C)C. The Balaban J connectivity index is 3.69. The van der Waals surface area contributed by atoms with Crippen LogP contribution in [0.15, 0.2) is 0 Å². The molecule has 0 bridgehead atoms. The highest BCUT2D eigenvalue weighted by molar-refractivity contribution is 4.70. The first-order chi connectivity index (χ1) is 8.01. The third-order valence-electron chi connectivity index (χ3n) is 3.34. The number of hydrogen-bond acceptors (Lipinski definition) is 3. The molecule has 0 spiro atoms. The fourth-order valence-corrected chi connectivity index (χ4v) is 1.72. The molecule has 3 nitrogen and oxygen atoms in total. The molecule has 0 aromatic heterocycles. The molecule has 0 saturated heterocycles. The summed E-state index contributed by atoms with van der Waals surface area (Å²) in [5.74, 6) is 0. The molecule has 17 heavy (non-hydrogen) atoms. The number of ether oxygens (including phenoxy) is 1. The van der Waals surface area contributed by atoms with Gasteiger partial charge >= 0.3 is 0 Å². The molecule has 0 aromatic rings. The molecule has 0 aliphatic heterocycles. The molecule has 1 N–H and O–H groups in total. The Morgan fingerprint density at radius 1 is 1.12 bits per heavy atom. The van der Waals surface area contributed by atoms with Crippen LogP contribution in [0.1, 0.15) is 47.5 Å². The summed E-state index contributed by atoms with van der Waals surface area (Å²) in [5, 5.41) is 3.62. The highest BCUT2D eigenvalue weighted by atomic mass is 16.5. The van der Waals surface area contributed by atoms with Crippen LogP contribution in [-0.4, -0.2) is 49.8 Å². The van der Waals surface area contributed by atoms with Gasteiger partial charge in [-0.25, -0.2) is 0 Å². The van der Waals surface area contributed by atoms with E-state index in [0.717, 1.165) is 19.7 Å². The van der Waals surface area contributed by atoms with Crippen LogP contribution in [0.5, 0.6) is 0 Å². The number of hydrogen-bond donors (Lipinski definition) is 1. The lowest BCUT2D eigenvalue weighted by molar-refractivity contribution is 0.0570.